The van der Waals surface area contributed by atoms with Gasteiger partial charge in [-0.1, -0.05) is 0 Å². The van der Waals surface area contributed by atoms with Crippen LogP contribution in [-0.2, 0) is 85.3 Å². The van der Waals surface area contributed by atoms with Crippen LogP contribution >= 0.6 is 0 Å². The van der Waals surface area contributed by atoms with Crippen LogP contribution in [0.4, 0.5) is 4.79 Å². The van der Waals surface area contributed by atoms with Crippen LogP contribution in [0.3, 0.4) is 0 Å². The first kappa shape index (κ1) is 92.2. The third-order valence-corrected chi connectivity index (χ3v) is 19.9. The minimum atomic E-state index is -2.04. The van der Waals surface area contributed by atoms with E-state index in [1.54, 1.807) is 0 Å². The first-order valence-electron chi connectivity index (χ1n) is 33.4. The molecule has 49 nitrogen and oxygen atoms in total. The molecule has 9 fully saturated rings. The Morgan fingerprint density at radius 3 is 0.708 bits per heavy atom. The fourth-order valence-corrected chi connectivity index (χ4v) is 13.7. The van der Waals surface area contributed by atoms with Crippen LogP contribution < -0.4 is 103 Å². The van der Waals surface area contributed by atoms with Gasteiger partial charge < -0.3 is 244 Å². The number of hydrogen-bond acceptors (Lipinski definition) is 48. The quantitative estimate of drug-likeness (QED) is 0.0358. The van der Waals surface area contributed by atoms with Gasteiger partial charge in [-0.15, -0.1) is 0 Å². The van der Waals surface area contributed by atoms with Gasteiger partial charge in [0.1, 0.15) is 171 Å². The molecule has 9 heterocycles. The minimum Gasteiger partial charge on any atom is -0.870 e. The summed E-state index contributed by atoms with van der Waals surface area (Å²) in [6.07, 6.45) is -62.6. The Bertz CT molecular complexity index is 2630. The van der Waals surface area contributed by atoms with Gasteiger partial charge in [-0.25, -0.2) is 4.79 Å². The molecule has 0 radical (unpaired) electrons. The topological polar surface area (TPSA) is 838 Å². The fraction of sp³-hybridized carbons (Fsp3) is 0.982. The molecular weight excluding hydrogens is 1480 g/mol. The Kier molecular flexibility index (Phi) is 35.3. The van der Waals surface area contributed by atoms with Crippen molar-refractivity contribution in [3.05, 3.63) is 0 Å². The third kappa shape index (κ3) is 19.4. The van der Waals surface area contributed by atoms with Crippen molar-refractivity contribution in [2.24, 2.45) is 45.9 Å². The van der Waals surface area contributed by atoms with Crippen molar-refractivity contribution in [2.45, 2.75) is 276 Å². The van der Waals surface area contributed by atoms with Gasteiger partial charge in [0.15, 0.2) is 56.6 Å². The second-order valence-corrected chi connectivity index (χ2v) is 26.5. The van der Waals surface area contributed by atoms with E-state index >= 15 is 0 Å². The van der Waals surface area contributed by atoms with Gasteiger partial charge in [0.05, 0.1) is 115 Å². The number of aliphatic hydroxyl groups is 20. The van der Waals surface area contributed by atoms with Crippen LogP contribution in [0.1, 0.15) is 0 Å². The molecule has 0 spiro atoms. The van der Waals surface area contributed by atoms with Gasteiger partial charge in [0, 0.05) is 0 Å². The summed E-state index contributed by atoms with van der Waals surface area (Å²) < 4.78 is 104. The van der Waals surface area contributed by atoms with E-state index in [2.05, 4.69) is 5.32 Å². The Morgan fingerprint density at radius 2 is 0.472 bits per heavy atom. The van der Waals surface area contributed by atoms with Crippen molar-refractivity contribution in [1.29, 1.82) is 0 Å². The average molecular weight is 1580 g/mol. The maximum absolute atomic E-state index is 12.8. The van der Waals surface area contributed by atoms with Crippen LogP contribution in [-0.4, -0.2) is 456 Å². The number of methoxy groups -OCH3 is 1. The Morgan fingerprint density at radius 1 is 0.283 bits per heavy atom. The van der Waals surface area contributed by atoms with Crippen molar-refractivity contribution < 1.29 is 249 Å². The van der Waals surface area contributed by atoms with Crippen LogP contribution in [0, 0.1) is 0 Å². The molecule has 1 amide bonds. The van der Waals surface area contributed by atoms with E-state index < -0.39 is 341 Å². The maximum atomic E-state index is 12.8. The zero-order chi connectivity index (χ0) is 76.4. The van der Waals surface area contributed by atoms with Crippen LogP contribution in [0.2, 0.25) is 0 Å². The second kappa shape index (κ2) is 40.6. The van der Waals surface area contributed by atoms with Crippen molar-refractivity contribution in [3.8, 4) is 0 Å². The van der Waals surface area contributed by atoms with Gasteiger partial charge in [-0.2, -0.15) is 0 Å². The van der Waals surface area contributed by atoms with Gasteiger partial charge in [-0.05, 0) is 0 Å². The molecule has 0 aliphatic carbocycles. The number of rotatable bonds is 26. The molecule has 0 bridgehead atoms. The van der Waals surface area contributed by atoms with E-state index in [0.29, 0.717) is 0 Å². The molecule has 0 aromatic rings. The average Bonchev–Trinajstić information content (AvgIpc) is 0.781. The molecule has 614 valence electrons. The Balaban J connectivity index is 0.00000784. The summed E-state index contributed by atoms with van der Waals surface area (Å²) >= 11 is 0. The molecule has 106 heavy (non-hydrogen) atoms. The first-order chi connectivity index (χ1) is 49.4. The van der Waals surface area contributed by atoms with Crippen LogP contribution in [0.25, 0.3) is 0 Å². The second-order valence-electron chi connectivity index (χ2n) is 26.5. The summed E-state index contributed by atoms with van der Waals surface area (Å²) in [5, 5.41) is 219. The molecule has 0 aromatic carbocycles. The predicted octanol–water partition coefficient (Wildman–Crippen LogP) is -23.7. The zero-order valence-electron chi connectivity index (χ0n) is 57.1. The first-order valence-corrected chi connectivity index (χ1v) is 33.4. The summed E-state index contributed by atoms with van der Waals surface area (Å²) in [6, 6.07) is -14.6. The normalized spacial score (nSPS) is 51.0. The number of nitrogens with two attached hydrogens (primary N) is 8. The number of carbonyl (C=O) groups is 1. The van der Waals surface area contributed by atoms with E-state index in [-0.39, 0.29) is 56.9 Å². The monoisotopic (exact) mass is 1580 g/mol. The summed E-state index contributed by atoms with van der Waals surface area (Å²) in [7, 11) is 0.957. The number of ether oxygens (including phenoxy) is 18. The summed E-state index contributed by atoms with van der Waals surface area (Å²) in [5.74, 6) is 0. The number of amides is 1. The molecule has 0 aromatic heterocycles. The molecule has 45 atom stereocenters. The number of carbonyl (C=O) groups excluding carboxylic acids is 1. The van der Waals surface area contributed by atoms with E-state index in [9.17, 15) is 107 Å². The molecule has 50 heteroatoms. The predicted molar refractivity (Wildman–Crippen MR) is 328 cm³/mol. The summed E-state index contributed by atoms with van der Waals surface area (Å²) in [4.78, 5) is 12.8. The van der Waals surface area contributed by atoms with Crippen molar-refractivity contribution in [3.63, 3.8) is 0 Å². The zero-order valence-corrected chi connectivity index (χ0v) is 60.2. The maximum Gasteiger partial charge on any atom is 1.00 e. The molecule has 38 N–H and O–H groups in total. The molecular formula is C56H104KN9O40. The van der Waals surface area contributed by atoms with Crippen molar-refractivity contribution >= 4 is 6.09 Å². The number of aliphatic hydroxyl groups excluding tert-OH is 20. The number of hydrogen-bond donors (Lipinski definition) is 29. The Labute approximate surface area is 645 Å². The number of alkyl carbamates (subject to hydrolysis) is 1. The smallest absolute Gasteiger partial charge is 0.870 e. The van der Waals surface area contributed by atoms with Gasteiger partial charge in [0.2, 0.25) is 0 Å². The van der Waals surface area contributed by atoms with Crippen LogP contribution in [0.15, 0.2) is 0 Å². The molecule has 9 aliphatic rings. The van der Waals surface area contributed by atoms with Gasteiger partial charge in [-0.3, -0.25) is 0 Å². The van der Waals surface area contributed by atoms with Crippen molar-refractivity contribution in [1.82, 2.24) is 5.32 Å². The Hall–Kier alpha value is -0.934. The summed E-state index contributed by atoms with van der Waals surface area (Å²) in [5.41, 5.74) is 50.2. The summed E-state index contributed by atoms with van der Waals surface area (Å²) in [6.45, 7) is -8.24. The minimum absolute atomic E-state index is 0. The van der Waals surface area contributed by atoms with E-state index in [1.165, 1.54) is 0 Å². The molecule has 9 rings (SSSR count). The van der Waals surface area contributed by atoms with Crippen molar-refractivity contribution in [2.75, 3.05) is 66.6 Å². The van der Waals surface area contributed by atoms with E-state index in [4.69, 9.17) is 131 Å². The standard InChI is InChI=1S/C56H103N9O39.K.H2O/c1-87-56(86)65-28-38(84)46(19(10-74)96-55(28)104-45-18(9-73)95-49(27(64)37(45)83)97-39-12(3-67)88-47(85)20(57)31(39)77)103-54-26(63)36(82)44(17(8-72)94-54)102-53-25(62)35(81)43(16(7-71)93-53)101-52-24(61)34(80)42(15(6-70)92-52)100-51-23(60)33(79)41(14(5-69)91-51)99-50-22(59)32(78)40(13(4-68)90-50)98-48-21(58)30(76)29(75)11(2-66)89-48;;/h11-55,66-85H,2-10,57-64H2,1H3,(H,65,86);;1H2/q;+1;/p-1/t11-,12-,13-,14-,15-,16-,17-,18-,19-,20-,21-,22-,23-,24-,25-,26-,27-,28-,29-,30-,31-,32-,33-,34-,35-,36-,37-,38-,39-,40-,41-,42-,43-,44-,45-,46-,47-,48+,49+,50+,51+,52+,53+,54+,55+;;/m1../s1. The largest absolute Gasteiger partial charge is 1.00 e. The van der Waals surface area contributed by atoms with E-state index in [1.807, 2.05) is 0 Å². The SMILES string of the molecule is COC(=O)N[C@H]1[C@H](O[C@H]2[C@H](O)[C@@H](N)[C@H](O[C@H]3[C@H](O)[C@@H](N)[C@H](O)O[C@@H]3CO)O[C@@H]2CO)O[C@H](CO)[C@@H](O[C@@H]2O[C@H](CO)[C@@H](O[C@@H]3O[C@H](CO)[C@@H](O[C@@H]4O[C@H](CO)[C@@H](O[C@@H]5O[C@H](CO)[C@@H](O[C@@H]6O[C@H](CO)[C@@H](O[C@@H]7O[C@H](CO)[C@@H](O)[C@H](O)[C@H]7N)[C@H](O)[C@H]6N)[C@H](O)[C@H]5N)[C@H](O)[C@H]4N)[C@H](O)[C@H]3N)[C@H](O)[C@H]2N)[C@@H]1O.[K+].[OH-]. The molecule has 9 aliphatic heterocycles. The van der Waals surface area contributed by atoms with Crippen LogP contribution in [0.5, 0.6) is 0 Å². The number of nitrogens with one attached hydrogen (secondary N) is 1. The van der Waals surface area contributed by atoms with E-state index in [0.717, 1.165) is 7.11 Å². The third-order valence-electron chi connectivity index (χ3n) is 19.9. The fourth-order valence-electron chi connectivity index (χ4n) is 13.7. The molecule has 0 unspecified atom stereocenters. The van der Waals surface area contributed by atoms with Gasteiger partial charge in [0.25, 0.3) is 0 Å². The molecule has 0 saturated carbocycles. The molecule has 9 saturated heterocycles. The van der Waals surface area contributed by atoms with Gasteiger partial charge >= 0.3 is 57.5 Å².